The van der Waals surface area contributed by atoms with Crippen molar-refractivity contribution in [3.8, 4) is 0 Å². The first-order valence-corrected chi connectivity index (χ1v) is 6.85. The molecule has 1 aromatic carbocycles. The van der Waals surface area contributed by atoms with Gasteiger partial charge in [-0.15, -0.1) is 0 Å². The van der Waals surface area contributed by atoms with E-state index >= 15 is 0 Å². The van der Waals surface area contributed by atoms with Crippen LogP contribution in [0, 0.1) is 11.7 Å². The summed E-state index contributed by atoms with van der Waals surface area (Å²) in [6.45, 7) is 3.39. The lowest BCUT2D eigenvalue weighted by atomic mass is 10.0. The molecule has 2 rings (SSSR count). The maximum atomic E-state index is 13.2. The van der Waals surface area contributed by atoms with E-state index in [1.54, 1.807) is 12.1 Å². The van der Waals surface area contributed by atoms with Crippen LogP contribution in [-0.4, -0.2) is 23.9 Å². The van der Waals surface area contributed by atoms with E-state index in [4.69, 9.17) is 5.73 Å². The van der Waals surface area contributed by atoms with Crippen LogP contribution in [0.4, 0.5) is 4.39 Å². The van der Waals surface area contributed by atoms with Crippen molar-refractivity contribution in [1.29, 1.82) is 0 Å². The van der Waals surface area contributed by atoms with Gasteiger partial charge < -0.3 is 10.6 Å². The molecular formula is C15H21FN2O. The summed E-state index contributed by atoms with van der Waals surface area (Å²) in [5, 5.41) is 0. The molecule has 0 aliphatic carbocycles. The zero-order valence-electron chi connectivity index (χ0n) is 11.3. The van der Waals surface area contributed by atoms with Crippen molar-refractivity contribution in [2.45, 2.75) is 32.2 Å². The fourth-order valence-corrected chi connectivity index (χ4v) is 2.45. The van der Waals surface area contributed by atoms with Gasteiger partial charge in [0.25, 0.3) is 0 Å². The second-order valence-corrected chi connectivity index (χ2v) is 5.43. The van der Waals surface area contributed by atoms with Crippen LogP contribution >= 0.6 is 0 Å². The van der Waals surface area contributed by atoms with Gasteiger partial charge in [0.05, 0.1) is 0 Å². The summed E-state index contributed by atoms with van der Waals surface area (Å²) < 4.78 is 13.2. The molecule has 4 heteroatoms. The van der Waals surface area contributed by atoms with Gasteiger partial charge >= 0.3 is 0 Å². The normalized spacial score (nSPS) is 22.2. The molecule has 0 aromatic heterocycles. The number of carbonyl (C=O) groups is 1. The van der Waals surface area contributed by atoms with Gasteiger partial charge in [-0.05, 0) is 36.5 Å². The molecule has 2 atom stereocenters. The molecule has 1 aliphatic heterocycles. The fourth-order valence-electron chi connectivity index (χ4n) is 2.45. The molecule has 0 radical (unpaired) electrons. The van der Waals surface area contributed by atoms with Gasteiger partial charge in [-0.3, -0.25) is 4.79 Å². The van der Waals surface area contributed by atoms with Crippen molar-refractivity contribution in [1.82, 2.24) is 4.90 Å². The standard InChI is InChI=1S/C15H21FN2O/c1-11-5-6-15(19)18(8-7-11)10-14(17)12-3-2-4-13(16)9-12/h2-4,9,11,14H,5-8,10,17H2,1H3. The van der Waals surface area contributed by atoms with E-state index in [0.29, 0.717) is 18.9 Å². The lowest BCUT2D eigenvalue weighted by Crippen LogP contribution is -2.36. The van der Waals surface area contributed by atoms with Crippen LogP contribution in [0.3, 0.4) is 0 Å². The smallest absolute Gasteiger partial charge is 0.222 e. The first kappa shape index (κ1) is 14.0. The first-order chi connectivity index (χ1) is 9.06. The average Bonchev–Trinajstić information content (AvgIpc) is 2.54. The van der Waals surface area contributed by atoms with Crippen LogP contribution in [0.5, 0.6) is 0 Å². The largest absolute Gasteiger partial charge is 0.341 e. The van der Waals surface area contributed by atoms with Crippen molar-refractivity contribution in [2.24, 2.45) is 11.7 Å². The number of benzene rings is 1. The van der Waals surface area contributed by atoms with E-state index in [2.05, 4.69) is 6.92 Å². The lowest BCUT2D eigenvalue weighted by Gasteiger charge is -2.24. The molecule has 3 nitrogen and oxygen atoms in total. The van der Waals surface area contributed by atoms with Gasteiger partial charge in [-0.25, -0.2) is 4.39 Å². The number of rotatable bonds is 3. The van der Waals surface area contributed by atoms with E-state index in [-0.39, 0.29) is 17.8 Å². The monoisotopic (exact) mass is 264 g/mol. The second kappa shape index (κ2) is 6.15. The highest BCUT2D eigenvalue weighted by Crippen LogP contribution is 2.20. The molecule has 1 fully saturated rings. The number of carbonyl (C=O) groups excluding carboxylic acids is 1. The van der Waals surface area contributed by atoms with Crippen LogP contribution in [0.15, 0.2) is 24.3 Å². The number of amides is 1. The maximum Gasteiger partial charge on any atom is 0.222 e. The number of nitrogens with two attached hydrogens (primary N) is 1. The van der Waals surface area contributed by atoms with E-state index in [1.807, 2.05) is 4.90 Å². The van der Waals surface area contributed by atoms with E-state index in [9.17, 15) is 9.18 Å². The van der Waals surface area contributed by atoms with Gasteiger partial charge in [0.15, 0.2) is 0 Å². The van der Waals surface area contributed by atoms with Gasteiger partial charge in [-0.1, -0.05) is 19.1 Å². The molecule has 1 aliphatic rings. The van der Waals surface area contributed by atoms with Crippen molar-refractivity contribution >= 4 is 5.91 Å². The Morgan fingerprint density at radius 3 is 3.00 bits per heavy atom. The summed E-state index contributed by atoms with van der Waals surface area (Å²) in [7, 11) is 0. The number of hydrogen-bond acceptors (Lipinski definition) is 2. The van der Waals surface area contributed by atoms with E-state index in [0.717, 1.165) is 24.9 Å². The van der Waals surface area contributed by atoms with Gasteiger partial charge in [0.2, 0.25) is 5.91 Å². The molecule has 1 saturated heterocycles. The second-order valence-electron chi connectivity index (χ2n) is 5.43. The van der Waals surface area contributed by atoms with Crippen LogP contribution in [0.25, 0.3) is 0 Å². The molecule has 1 amide bonds. The molecule has 0 spiro atoms. The van der Waals surface area contributed by atoms with Gasteiger partial charge in [0.1, 0.15) is 5.82 Å². The number of halogens is 1. The van der Waals surface area contributed by atoms with Crippen molar-refractivity contribution in [3.63, 3.8) is 0 Å². The molecule has 2 unspecified atom stereocenters. The van der Waals surface area contributed by atoms with Crippen LogP contribution in [0.2, 0.25) is 0 Å². The van der Waals surface area contributed by atoms with Crippen LogP contribution < -0.4 is 5.73 Å². The maximum absolute atomic E-state index is 13.2. The summed E-state index contributed by atoms with van der Waals surface area (Å²) in [5.74, 6) is 0.458. The molecular weight excluding hydrogens is 243 g/mol. The summed E-state index contributed by atoms with van der Waals surface area (Å²) in [4.78, 5) is 13.8. The predicted octanol–water partition coefficient (Wildman–Crippen LogP) is 2.47. The third kappa shape index (κ3) is 3.77. The fraction of sp³-hybridized carbons (Fsp3) is 0.533. The highest BCUT2D eigenvalue weighted by atomic mass is 19.1. The highest BCUT2D eigenvalue weighted by molar-refractivity contribution is 5.76. The molecule has 104 valence electrons. The van der Waals surface area contributed by atoms with E-state index in [1.165, 1.54) is 12.1 Å². The minimum Gasteiger partial charge on any atom is -0.341 e. The molecule has 1 heterocycles. The number of likely N-dealkylation sites (tertiary alicyclic amines) is 1. The Bertz CT molecular complexity index is 450. The summed E-state index contributed by atoms with van der Waals surface area (Å²) in [6.07, 6.45) is 2.56. The Morgan fingerprint density at radius 2 is 2.26 bits per heavy atom. The quantitative estimate of drug-likeness (QED) is 0.911. The Kier molecular flexibility index (Phi) is 4.53. The summed E-state index contributed by atoms with van der Waals surface area (Å²) in [5.41, 5.74) is 6.82. The van der Waals surface area contributed by atoms with Gasteiger partial charge in [-0.2, -0.15) is 0 Å². The first-order valence-electron chi connectivity index (χ1n) is 6.85. The summed E-state index contributed by atoms with van der Waals surface area (Å²) >= 11 is 0. The van der Waals surface area contributed by atoms with Crippen molar-refractivity contribution < 1.29 is 9.18 Å². The number of hydrogen-bond donors (Lipinski definition) is 1. The minimum absolute atomic E-state index is 0.163. The molecule has 0 saturated carbocycles. The third-order valence-corrected chi connectivity index (χ3v) is 3.79. The Labute approximate surface area is 113 Å². The van der Waals surface area contributed by atoms with Crippen LogP contribution in [-0.2, 0) is 4.79 Å². The molecule has 1 aromatic rings. The minimum atomic E-state index is -0.326. The topological polar surface area (TPSA) is 46.3 Å². The van der Waals surface area contributed by atoms with E-state index < -0.39 is 0 Å². The Hall–Kier alpha value is -1.42. The SMILES string of the molecule is CC1CCC(=O)N(CC(N)c2cccc(F)c2)CC1. The molecule has 19 heavy (non-hydrogen) atoms. The summed E-state index contributed by atoms with van der Waals surface area (Å²) in [6, 6.07) is 5.97. The van der Waals surface area contributed by atoms with Crippen LogP contribution in [0.1, 0.15) is 37.8 Å². The highest BCUT2D eigenvalue weighted by Gasteiger charge is 2.22. The molecule has 2 N–H and O–H groups in total. The Balaban J connectivity index is 2.01. The average molecular weight is 264 g/mol. The van der Waals surface area contributed by atoms with Crippen molar-refractivity contribution in [3.05, 3.63) is 35.6 Å². The lowest BCUT2D eigenvalue weighted by molar-refractivity contribution is -0.130. The number of nitrogens with zero attached hydrogens (tertiary/aromatic N) is 1. The zero-order chi connectivity index (χ0) is 13.8. The predicted molar refractivity (Wildman–Crippen MR) is 72.9 cm³/mol. The van der Waals surface area contributed by atoms with Gasteiger partial charge in [0, 0.05) is 25.6 Å². The zero-order valence-corrected chi connectivity index (χ0v) is 11.3. The molecule has 0 bridgehead atoms. The van der Waals surface area contributed by atoms with Crippen molar-refractivity contribution in [2.75, 3.05) is 13.1 Å². The third-order valence-electron chi connectivity index (χ3n) is 3.79. The Morgan fingerprint density at radius 1 is 1.47 bits per heavy atom.